The van der Waals surface area contributed by atoms with Crippen LogP contribution in [0.4, 0.5) is 0 Å². The first-order chi connectivity index (χ1) is 3.00. The van der Waals surface area contributed by atoms with Gasteiger partial charge in [0.1, 0.15) is 0 Å². The highest BCUT2D eigenvalue weighted by atomic mass is 32.2. The van der Waals surface area contributed by atoms with Crippen molar-refractivity contribution in [2.45, 2.75) is 6.42 Å². The number of thioether (sulfide) groups is 2. The number of rotatable bonds is 0. The van der Waals surface area contributed by atoms with Gasteiger partial charge in [-0.15, -0.1) is 23.5 Å². The molecule has 0 spiro atoms. The van der Waals surface area contributed by atoms with Gasteiger partial charge in [-0.1, -0.05) is 0 Å². The molecule has 1 aliphatic rings. The molecule has 0 amide bonds. The molecule has 0 unspecified atom stereocenters. The first-order valence-corrected chi connectivity index (χ1v) is 4.15. The van der Waals surface area contributed by atoms with Crippen LogP contribution in [0.3, 0.4) is 0 Å². The van der Waals surface area contributed by atoms with Crippen molar-refractivity contribution >= 4 is 23.5 Å². The van der Waals surface area contributed by atoms with E-state index in [9.17, 15) is 0 Å². The van der Waals surface area contributed by atoms with Gasteiger partial charge in [-0.05, 0) is 17.9 Å². The van der Waals surface area contributed by atoms with E-state index in [0.29, 0.717) is 0 Å². The summed E-state index contributed by atoms with van der Waals surface area (Å²) in [5.74, 6) is 2.68. The molecule has 0 aromatic heterocycles. The van der Waals surface area contributed by atoms with Crippen molar-refractivity contribution in [2.75, 3.05) is 11.5 Å². The third-order valence-corrected chi connectivity index (χ3v) is 2.80. The summed E-state index contributed by atoms with van der Waals surface area (Å²) in [4.78, 5) is 0. The lowest BCUT2D eigenvalue weighted by atomic mass is 10.6. The van der Waals surface area contributed by atoms with Crippen molar-refractivity contribution in [3.63, 3.8) is 0 Å². The molecule has 35 valence electrons. The van der Waals surface area contributed by atoms with Crippen molar-refractivity contribution in [3.05, 3.63) is 5.08 Å². The maximum atomic E-state index is 2.23. The molecular formula is C4H7S2. The Morgan fingerprint density at radius 2 is 1.83 bits per heavy atom. The molecule has 0 saturated carbocycles. The summed E-state index contributed by atoms with van der Waals surface area (Å²) in [7, 11) is 0. The van der Waals surface area contributed by atoms with Crippen molar-refractivity contribution in [1.82, 2.24) is 0 Å². The second-order valence-corrected chi connectivity index (χ2v) is 3.44. The number of hydrogen-bond donors (Lipinski definition) is 0. The van der Waals surface area contributed by atoms with Crippen LogP contribution in [0.5, 0.6) is 0 Å². The molecule has 0 aromatic rings. The molecule has 6 heavy (non-hydrogen) atoms. The monoisotopic (exact) mass is 119 g/mol. The molecule has 0 atom stereocenters. The fourth-order valence-corrected chi connectivity index (χ4v) is 2.33. The van der Waals surface area contributed by atoms with Crippen LogP contribution in [0.25, 0.3) is 0 Å². The van der Waals surface area contributed by atoms with Crippen LogP contribution in [0.15, 0.2) is 0 Å². The van der Waals surface area contributed by atoms with Gasteiger partial charge in [0.15, 0.2) is 0 Å². The van der Waals surface area contributed by atoms with Crippen LogP contribution >= 0.6 is 23.5 Å². The summed E-state index contributed by atoms with van der Waals surface area (Å²) >= 11 is 3.87. The van der Waals surface area contributed by atoms with E-state index >= 15 is 0 Å². The fourth-order valence-electron chi connectivity index (χ4n) is 0.370. The van der Waals surface area contributed by atoms with E-state index in [0.717, 1.165) is 0 Å². The van der Waals surface area contributed by atoms with Crippen LogP contribution in [0.2, 0.25) is 0 Å². The Labute approximate surface area is 47.1 Å². The first-order valence-electron chi connectivity index (χ1n) is 2.05. The molecule has 0 aliphatic carbocycles. The van der Waals surface area contributed by atoms with Gasteiger partial charge in [0.25, 0.3) is 0 Å². The smallest absolute Gasteiger partial charge is 0.0712 e. The molecular weight excluding hydrogens is 112 g/mol. The van der Waals surface area contributed by atoms with Gasteiger partial charge in [-0.3, -0.25) is 0 Å². The Morgan fingerprint density at radius 3 is 2.00 bits per heavy atom. The predicted octanol–water partition coefficient (Wildman–Crippen LogP) is 1.98. The van der Waals surface area contributed by atoms with E-state index in [1.54, 1.807) is 0 Å². The lowest BCUT2D eigenvalue weighted by molar-refractivity contribution is 1.12. The molecule has 0 nitrogen and oxygen atoms in total. The van der Waals surface area contributed by atoms with E-state index in [-0.39, 0.29) is 0 Å². The van der Waals surface area contributed by atoms with E-state index in [1.165, 1.54) is 17.9 Å². The highest BCUT2D eigenvalue weighted by Gasteiger charge is 1.96. The second-order valence-electron chi connectivity index (χ2n) is 1.19. The summed E-state index contributed by atoms with van der Waals surface area (Å²) in [6.45, 7) is 0. The minimum atomic E-state index is 1.34. The Kier molecular flexibility index (Phi) is 2.27. The summed E-state index contributed by atoms with van der Waals surface area (Å²) in [6.07, 6.45) is 1.39. The van der Waals surface area contributed by atoms with Crippen LogP contribution in [-0.4, -0.2) is 11.5 Å². The topological polar surface area (TPSA) is 0 Å². The molecule has 2 heteroatoms. The Hall–Kier alpha value is 0.700. The van der Waals surface area contributed by atoms with Crippen LogP contribution in [0.1, 0.15) is 6.42 Å². The summed E-state index contributed by atoms with van der Waals surface area (Å²) in [6, 6.07) is 0. The normalized spacial score (nSPS) is 24.0. The average Bonchev–Trinajstić information content (AvgIpc) is 1.72. The highest BCUT2D eigenvalue weighted by Crippen LogP contribution is 2.25. The molecule has 1 heterocycles. The molecule has 0 bridgehead atoms. The van der Waals surface area contributed by atoms with Crippen molar-refractivity contribution < 1.29 is 0 Å². The maximum absolute atomic E-state index is 2.23. The third kappa shape index (κ3) is 1.43. The third-order valence-electron chi connectivity index (χ3n) is 0.660. The zero-order valence-corrected chi connectivity index (χ0v) is 5.15. The molecule has 1 fully saturated rings. The maximum Gasteiger partial charge on any atom is 0.0712 e. The summed E-state index contributed by atoms with van der Waals surface area (Å²) < 4.78 is 0. The molecule has 0 N–H and O–H groups in total. The first kappa shape index (κ1) is 4.85. The van der Waals surface area contributed by atoms with Crippen LogP contribution in [-0.2, 0) is 0 Å². The predicted molar refractivity (Wildman–Crippen MR) is 33.8 cm³/mol. The lowest BCUT2D eigenvalue weighted by Crippen LogP contribution is -1.87. The quantitative estimate of drug-likeness (QED) is 0.478. The summed E-state index contributed by atoms with van der Waals surface area (Å²) in [5, 5.41) is 2.23. The van der Waals surface area contributed by atoms with Crippen molar-refractivity contribution in [2.24, 2.45) is 0 Å². The van der Waals surface area contributed by atoms with Crippen molar-refractivity contribution in [3.8, 4) is 0 Å². The molecule has 0 aromatic carbocycles. The zero-order valence-electron chi connectivity index (χ0n) is 3.52. The van der Waals surface area contributed by atoms with Gasteiger partial charge < -0.3 is 0 Å². The van der Waals surface area contributed by atoms with Crippen molar-refractivity contribution in [1.29, 1.82) is 0 Å². The molecule has 1 aliphatic heterocycles. The van der Waals surface area contributed by atoms with E-state index < -0.39 is 0 Å². The second kappa shape index (κ2) is 2.80. The number of hydrogen-bond acceptors (Lipinski definition) is 2. The molecule has 1 rings (SSSR count). The lowest BCUT2D eigenvalue weighted by Gasteiger charge is -2.04. The molecule has 1 radical (unpaired) electrons. The van der Waals surface area contributed by atoms with Crippen LogP contribution in [0, 0.1) is 5.08 Å². The standard InChI is InChI=1S/C4H7S2/c1-2-5-4-6-3-1/h4H,1-3H2. The SMILES string of the molecule is [CH]1SCCCS1. The van der Waals surface area contributed by atoms with Gasteiger partial charge in [-0.2, -0.15) is 0 Å². The van der Waals surface area contributed by atoms with Gasteiger partial charge >= 0.3 is 0 Å². The van der Waals surface area contributed by atoms with Crippen LogP contribution < -0.4 is 0 Å². The van der Waals surface area contributed by atoms with E-state index in [4.69, 9.17) is 0 Å². The van der Waals surface area contributed by atoms with Gasteiger partial charge in [-0.25, -0.2) is 0 Å². The molecule has 1 saturated heterocycles. The van der Waals surface area contributed by atoms with Gasteiger partial charge in [0.05, 0.1) is 5.08 Å². The Bertz CT molecular complexity index is 21.0. The zero-order chi connectivity index (χ0) is 4.24. The minimum absolute atomic E-state index is 1.34. The van der Waals surface area contributed by atoms with Gasteiger partial charge in [0.2, 0.25) is 0 Å². The Balaban J connectivity index is 2.00. The van der Waals surface area contributed by atoms with E-state index in [1.807, 2.05) is 23.5 Å². The average molecular weight is 119 g/mol. The largest absolute Gasteiger partial charge is 0.146 e. The van der Waals surface area contributed by atoms with E-state index in [2.05, 4.69) is 5.08 Å². The highest BCUT2D eigenvalue weighted by molar-refractivity contribution is 8.19. The summed E-state index contributed by atoms with van der Waals surface area (Å²) in [5.41, 5.74) is 0. The Morgan fingerprint density at radius 1 is 1.17 bits per heavy atom. The van der Waals surface area contributed by atoms with Gasteiger partial charge in [0, 0.05) is 0 Å². The fraction of sp³-hybridized carbons (Fsp3) is 0.750. The minimum Gasteiger partial charge on any atom is -0.146 e.